The Morgan fingerprint density at radius 1 is 0.941 bits per heavy atom. The van der Waals surface area contributed by atoms with Crippen LogP contribution in [0.15, 0.2) is 30.3 Å². The van der Waals surface area contributed by atoms with Gasteiger partial charge in [0.05, 0.1) is 0 Å². The minimum absolute atomic E-state index is 0.0595. The number of phenols is 1. The molecule has 0 saturated carbocycles. The van der Waals surface area contributed by atoms with Gasteiger partial charge in [-0.1, -0.05) is 105 Å². The summed E-state index contributed by atoms with van der Waals surface area (Å²) < 4.78 is 0. The van der Waals surface area contributed by atoms with Gasteiger partial charge in [-0.15, -0.1) is 0 Å². The molecular weight excluding hydrogens is 433 g/mol. The van der Waals surface area contributed by atoms with E-state index >= 15 is 0 Å². The van der Waals surface area contributed by atoms with Crippen LogP contribution in [0.2, 0.25) is 0 Å². The van der Waals surface area contributed by atoms with Gasteiger partial charge in [0, 0.05) is 17.3 Å². The van der Waals surface area contributed by atoms with Gasteiger partial charge in [-0.25, -0.2) is 0 Å². The first-order chi connectivity index (χ1) is 16.0. The van der Waals surface area contributed by atoms with Crippen LogP contribution >= 0.6 is 8.58 Å². The number of aromatic hydroxyl groups is 1. The van der Waals surface area contributed by atoms with Crippen LogP contribution in [0.4, 0.5) is 0 Å². The molecule has 1 aliphatic rings. The molecule has 2 aromatic carbocycles. The molecule has 2 atom stereocenters. The second-order valence-electron chi connectivity index (χ2n) is 11.9. The van der Waals surface area contributed by atoms with Crippen molar-refractivity contribution in [1.82, 2.24) is 4.90 Å². The van der Waals surface area contributed by atoms with Gasteiger partial charge in [0.2, 0.25) is 0 Å². The summed E-state index contributed by atoms with van der Waals surface area (Å²) in [4.78, 5) is 2.64. The number of piperidine rings is 1. The second-order valence-corrected chi connectivity index (χ2v) is 13.7. The van der Waals surface area contributed by atoms with E-state index in [4.69, 9.17) is 0 Å². The van der Waals surface area contributed by atoms with Crippen LogP contribution in [0.25, 0.3) is 0 Å². The van der Waals surface area contributed by atoms with Crippen LogP contribution in [0.5, 0.6) is 5.75 Å². The van der Waals surface area contributed by atoms with E-state index in [2.05, 4.69) is 83.7 Å². The van der Waals surface area contributed by atoms with E-state index in [0.29, 0.717) is 14.3 Å². The Hall–Kier alpha value is -1.37. The number of unbranched alkanes of at least 4 members (excludes halogenated alkanes) is 2. The molecule has 0 amide bonds. The molecule has 0 aliphatic carbocycles. The topological polar surface area (TPSA) is 23.5 Å². The highest BCUT2D eigenvalue weighted by atomic mass is 31.1. The number of aryl methyl sites for hydroxylation is 2. The third-order valence-corrected chi connectivity index (χ3v) is 9.38. The van der Waals surface area contributed by atoms with Crippen molar-refractivity contribution in [3.8, 4) is 5.75 Å². The monoisotopic (exact) mass is 481 g/mol. The lowest BCUT2D eigenvalue weighted by atomic mass is 9.82. The van der Waals surface area contributed by atoms with Gasteiger partial charge in [0.15, 0.2) is 0 Å². The Morgan fingerprint density at radius 2 is 1.65 bits per heavy atom. The lowest BCUT2D eigenvalue weighted by Gasteiger charge is -2.35. The van der Waals surface area contributed by atoms with E-state index in [1.54, 1.807) is 0 Å². The molecule has 34 heavy (non-hydrogen) atoms. The van der Waals surface area contributed by atoms with Crippen molar-refractivity contribution in [2.75, 3.05) is 13.1 Å². The van der Waals surface area contributed by atoms with Crippen LogP contribution in [-0.4, -0.2) is 23.1 Å². The van der Waals surface area contributed by atoms with Crippen molar-refractivity contribution in [2.24, 2.45) is 0 Å². The molecule has 0 spiro atoms. The summed E-state index contributed by atoms with van der Waals surface area (Å²) in [5.41, 5.74) is 6.38. The zero-order chi connectivity index (χ0) is 24.9. The summed E-state index contributed by atoms with van der Waals surface area (Å²) in [6, 6.07) is 11.6. The van der Waals surface area contributed by atoms with Gasteiger partial charge in [0.25, 0.3) is 0 Å². The molecule has 3 rings (SSSR count). The smallest absolute Gasteiger partial charge is 0.122 e. The third-order valence-electron chi connectivity index (χ3n) is 7.56. The molecule has 3 heteroatoms. The molecule has 2 aromatic rings. The summed E-state index contributed by atoms with van der Waals surface area (Å²) >= 11 is 0. The molecule has 1 N–H and O–H groups in total. The Morgan fingerprint density at radius 3 is 2.29 bits per heavy atom. The molecule has 2 nitrogen and oxygen atoms in total. The minimum Gasteiger partial charge on any atom is -0.507 e. The zero-order valence-corrected chi connectivity index (χ0v) is 23.9. The highest BCUT2D eigenvalue weighted by Crippen LogP contribution is 2.50. The number of likely N-dealkylation sites (tertiary alicyclic amines) is 1. The second kappa shape index (κ2) is 11.6. The summed E-state index contributed by atoms with van der Waals surface area (Å²) in [6.45, 7) is 19.3. The highest BCUT2D eigenvalue weighted by molar-refractivity contribution is 7.48. The van der Waals surface area contributed by atoms with Crippen molar-refractivity contribution < 1.29 is 5.11 Å². The summed E-state index contributed by atoms with van der Waals surface area (Å²) in [6.07, 6.45) is 8.79. The van der Waals surface area contributed by atoms with E-state index in [1.165, 1.54) is 73.6 Å². The van der Waals surface area contributed by atoms with Crippen LogP contribution in [0.3, 0.4) is 0 Å². The molecule has 0 aromatic heterocycles. The highest BCUT2D eigenvalue weighted by Gasteiger charge is 2.32. The average Bonchev–Trinajstić information content (AvgIpc) is 2.77. The molecule has 0 radical (unpaired) electrons. The SMILES string of the molecule is CCCCCC(C)(Pc1ccc(C)cc1CN1CCCCC1)c1cc(C(C)(C)C)cc(C)c1O. The summed E-state index contributed by atoms with van der Waals surface area (Å²) in [5, 5.41) is 12.7. The molecule has 1 saturated heterocycles. The van der Waals surface area contributed by atoms with Gasteiger partial charge >= 0.3 is 0 Å². The maximum atomic E-state index is 11.3. The standard InChI is InChI=1S/C31H48NOP/c1-8-9-11-16-31(7,27-21-26(30(4,5)6)20-24(3)29(27)33)34-28-15-14-23(2)19-25(28)22-32-17-12-10-13-18-32/h14-15,19-21,33-34H,8-13,16-18,22H2,1-7H3. The predicted molar refractivity (Wildman–Crippen MR) is 151 cm³/mol. The number of phenolic OH excluding ortho intramolecular Hbond substituents is 1. The van der Waals surface area contributed by atoms with E-state index in [1.807, 2.05) is 0 Å². The summed E-state index contributed by atoms with van der Waals surface area (Å²) in [5.74, 6) is 0.504. The fourth-order valence-corrected chi connectivity index (χ4v) is 6.96. The van der Waals surface area contributed by atoms with Crippen LogP contribution in [-0.2, 0) is 17.1 Å². The maximum absolute atomic E-state index is 11.3. The number of nitrogens with zero attached hydrogens (tertiary/aromatic N) is 1. The minimum atomic E-state index is -0.0722. The van der Waals surface area contributed by atoms with Crippen LogP contribution in [0.1, 0.15) is 107 Å². The van der Waals surface area contributed by atoms with Crippen molar-refractivity contribution in [3.63, 3.8) is 0 Å². The van der Waals surface area contributed by atoms with Gasteiger partial charge in [0.1, 0.15) is 5.75 Å². The number of hydrogen-bond donors (Lipinski definition) is 1. The Labute approximate surface area is 211 Å². The van der Waals surface area contributed by atoms with Gasteiger partial charge in [-0.2, -0.15) is 0 Å². The molecule has 1 heterocycles. The number of rotatable bonds is 9. The van der Waals surface area contributed by atoms with Gasteiger partial charge in [-0.3, -0.25) is 4.90 Å². The molecule has 1 fully saturated rings. The molecule has 1 aliphatic heterocycles. The molecular formula is C31H48NOP. The number of benzene rings is 2. The zero-order valence-electron chi connectivity index (χ0n) is 22.9. The van der Waals surface area contributed by atoms with E-state index in [9.17, 15) is 5.11 Å². The largest absolute Gasteiger partial charge is 0.507 e. The fourth-order valence-electron chi connectivity index (χ4n) is 5.26. The fraction of sp³-hybridized carbons (Fsp3) is 0.613. The predicted octanol–water partition coefficient (Wildman–Crippen LogP) is 8.09. The maximum Gasteiger partial charge on any atom is 0.122 e. The van der Waals surface area contributed by atoms with Crippen LogP contribution < -0.4 is 5.30 Å². The van der Waals surface area contributed by atoms with Gasteiger partial charge < -0.3 is 5.11 Å². The van der Waals surface area contributed by atoms with Crippen LogP contribution in [0, 0.1) is 13.8 Å². The molecule has 2 unspecified atom stereocenters. The van der Waals surface area contributed by atoms with Gasteiger partial charge in [-0.05, 0) is 73.6 Å². The third kappa shape index (κ3) is 6.86. The normalized spacial score (nSPS) is 17.4. The van der Waals surface area contributed by atoms with E-state index in [-0.39, 0.29) is 10.6 Å². The summed E-state index contributed by atoms with van der Waals surface area (Å²) in [7, 11) is 0.639. The van der Waals surface area contributed by atoms with Crippen molar-refractivity contribution in [3.05, 3.63) is 58.1 Å². The Balaban J connectivity index is 2.03. The Bertz CT molecular complexity index is 955. The quantitative estimate of drug-likeness (QED) is 0.289. The van der Waals surface area contributed by atoms with Crippen molar-refractivity contribution >= 4 is 13.9 Å². The Kier molecular flexibility index (Phi) is 9.27. The van der Waals surface area contributed by atoms with E-state index in [0.717, 1.165) is 24.1 Å². The first-order valence-corrected chi connectivity index (χ1v) is 14.5. The lowest BCUT2D eigenvalue weighted by Crippen LogP contribution is -2.31. The van der Waals surface area contributed by atoms with Crippen molar-refractivity contribution in [1.29, 1.82) is 0 Å². The van der Waals surface area contributed by atoms with E-state index < -0.39 is 0 Å². The first kappa shape index (κ1) is 27.2. The number of hydrogen-bond acceptors (Lipinski definition) is 2. The molecule has 188 valence electrons. The molecule has 0 bridgehead atoms. The lowest BCUT2D eigenvalue weighted by molar-refractivity contribution is 0.221. The average molecular weight is 482 g/mol. The van der Waals surface area contributed by atoms with Crippen molar-refractivity contribution in [2.45, 2.75) is 111 Å². The first-order valence-electron chi connectivity index (χ1n) is 13.5.